The van der Waals surface area contributed by atoms with E-state index in [2.05, 4.69) is 4.98 Å². The molecule has 0 aliphatic rings. The van der Waals surface area contributed by atoms with Crippen molar-refractivity contribution in [3.05, 3.63) is 46.8 Å². The third kappa shape index (κ3) is 2.04. The van der Waals surface area contributed by atoms with Crippen molar-refractivity contribution in [3.63, 3.8) is 0 Å². The highest BCUT2D eigenvalue weighted by Crippen LogP contribution is 2.26. The summed E-state index contributed by atoms with van der Waals surface area (Å²) in [5, 5.41) is 9.78. The van der Waals surface area contributed by atoms with Gasteiger partial charge in [-0.1, -0.05) is 0 Å². The van der Waals surface area contributed by atoms with Gasteiger partial charge in [0.2, 0.25) is 0 Å². The molecule has 4 heteroatoms. The molecule has 3 nitrogen and oxygen atoms in total. The Morgan fingerprint density at radius 3 is 2.44 bits per heavy atom. The minimum Gasteiger partial charge on any atom is -0.389 e. The largest absolute Gasteiger partial charge is 0.389 e. The minimum absolute atomic E-state index is 0.302. The zero-order chi connectivity index (χ0) is 13.4. The van der Waals surface area contributed by atoms with Gasteiger partial charge in [-0.2, -0.15) is 0 Å². The van der Waals surface area contributed by atoms with Crippen LogP contribution >= 0.6 is 0 Å². The van der Waals surface area contributed by atoms with Crippen molar-refractivity contribution in [2.24, 2.45) is 0 Å². The first-order valence-electron chi connectivity index (χ1n) is 5.91. The average Bonchev–Trinajstić information content (AvgIpc) is 2.63. The molecule has 0 aliphatic heterocycles. The summed E-state index contributed by atoms with van der Waals surface area (Å²) in [6, 6.07) is 3.13. The highest BCUT2D eigenvalue weighted by Gasteiger charge is 2.15. The Hall–Kier alpha value is -1.68. The van der Waals surface area contributed by atoms with E-state index in [1.165, 1.54) is 6.07 Å². The Morgan fingerprint density at radius 1 is 1.28 bits per heavy atom. The molecule has 1 atom stereocenters. The lowest BCUT2D eigenvalue weighted by molar-refractivity contribution is 0.198. The monoisotopic (exact) mass is 248 g/mol. The SMILES string of the molecule is Cc1cc(-n2cnc(C)c2C)c([C@H](C)O)cc1F. The van der Waals surface area contributed by atoms with Gasteiger partial charge in [0.1, 0.15) is 5.82 Å². The molecule has 2 rings (SSSR count). The maximum absolute atomic E-state index is 13.6. The van der Waals surface area contributed by atoms with E-state index < -0.39 is 6.10 Å². The fourth-order valence-electron chi connectivity index (χ4n) is 1.97. The summed E-state index contributed by atoms with van der Waals surface area (Å²) in [4.78, 5) is 4.23. The van der Waals surface area contributed by atoms with Gasteiger partial charge in [0.25, 0.3) is 0 Å². The van der Waals surface area contributed by atoms with E-state index >= 15 is 0 Å². The summed E-state index contributed by atoms with van der Waals surface area (Å²) in [6.07, 6.45) is 0.973. The summed E-state index contributed by atoms with van der Waals surface area (Å²) in [5.74, 6) is -0.302. The van der Waals surface area contributed by atoms with Crippen LogP contribution in [0.5, 0.6) is 0 Å². The Kier molecular flexibility index (Phi) is 3.22. The van der Waals surface area contributed by atoms with Crippen LogP contribution in [0.25, 0.3) is 5.69 Å². The molecular weight excluding hydrogens is 231 g/mol. The van der Waals surface area contributed by atoms with E-state index in [4.69, 9.17) is 0 Å². The van der Waals surface area contributed by atoms with E-state index in [1.54, 1.807) is 26.2 Å². The van der Waals surface area contributed by atoms with Gasteiger partial charge in [0.15, 0.2) is 0 Å². The van der Waals surface area contributed by atoms with Gasteiger partial charge in [0, 0.05) is 11.3 Å². The molecule has 0 bridgehead atoms. The second kappa shape index (κ2) is 4.53. The fourth-order valence-corrected chi connectivity index (χ4v) is 1.97. The lowest BCUT2D eigenvalue weighted by Gasteiger charge is -2.15. The minimum atomic E-state index is -0.725. The van der Waals surface area contributed by atoms with Crippen molar-refractivity contribution in [1.82, 2.24) is 9.55 Å². The van der Waals surface area contributed by atoms with Crippen LogP contribution < -0.4 is 0 Å². The summed E-state index contributed by atoms with van der Waals surface area (Å²) in [7, 11) is 0. The second-order valence-electron chi connectivity index (χ2n) is 4.62. The Morgan fingerprint density at radius 2 is 1.94 bits per heavy atom. The molecule has 0 spiro atoms. The molecule has 0 fully saturated rings. The molecule has 2 aromatic rings. The zero-order valence-corrected chi connectivity index (χ0v) is 11.0. The molecule has 1 N–H and O–H groups in total. The number of aliphatic hydroxyl groups excluding tert-OH is 1. The number of benzene rings is 1. The first-order valence-corrected chi connectivity index (χ1v) is 5.91. The number of hydrogen-bond donors (Lipinski definition) is 1. The summed E-state index contributed by atoms with van der Waals surface area (Å²) >= 11 is 0. The Bertz CT molecular complexity index is 588. The highest BCUT2D eigenvalue weighted by molar-refractivity contribution is 5.47. The number of aryl methyl sites for hydroxylation is 2. The predicted molar refractivity (Wildman–Crippen MR) is 68.4 cm³/mol. The van der Waals surface area contributed by atoms with Crippen LogP contribution in [-0.2, 0) is 0 Å². The van der Waals surface area contributed by atoms with Gasteiger partial charge in [-0.3, -0.25) is 0 Å². The molecule has 0 amide bonds. The number of rotatable bonds is 2. The van der Waals surface area contributed by atoms with E-state index in [9.17, 15) is 9.50 Å². The lowest BCUT2D eigenvalue weighted by atomic mass is 10.0. The van der Waals surface area contributed by atoms with Crippen molar-refractivity contribution in [2.75, 3.05) is 0 Å². The van der Waals surface area contributed by atoms with Crippen LogP contribution in [0.15, 0.2) is 18.5 Å². The molecule has 0 saturated heterocycles. The van der Waals surface area contributed by atoms with Gasteiger partial charge >= 0.3 is 0 Å². The average molecular weight is 248 g/mol. The van der Waals surface area contributed by atoms with Crippen molar-refractivity contribution >= 4 is 0 Å². The van der Waals surface area contributed by atoms with Gasteiger partial charge in [-0.05, 0) is 45.4 Å². The lowest BCUT2D eigenvalue weighted by Crippen LogP contribution is -2.05. The second-order valence-corrected chi connectivity index (χ2v) is 4.62. The number of aromatic nitrogens is 2. The number of aliphatic hydroxyl groups is 1. The van der Waals surface area contributed by atoms with Gasteiger partial charge < -0.3 is 9.67 Å². The Balaban J connectivity index is 2.70. The van der Waals surface area contributed by atoms with Crippen LogP contribution in [0.2, 0.25) is 0 Å². The third-order valence-electron chi connectivity index (χ3n) is 3.27. The van der Waals surface area contributed by atoms with Gasteiger partial charge in [-0.15, -0.1) is 0 Å². The number of halogens is 1. The number of imidazole rings is 1. The first kappa shape index (κ1) is 12.8. The molecule has 0 aliphatic carbocycles. The van der Waals surface area contributed by atoms with Crippen LogP contribution in [0.3, 0.4) is 0 Å². The molecule has 1 heterocycles. The molecule has 1 aromatic carbocycles. The van der Waals surface area contributed by atoms with E-state index in [0.717, 1.165) is 17.1 Å². The Labute approximate surface area is 106 Å². The third-order valence-corrected chi connectivity index (χ3v) is 3.27. The fraction of sp³-hybridized carbons (Fsp3) is 0.357. The number of nitrogens with zero attached hydrogens (tertiary/aromatic N) is 2. The van der Waals surface area contributed by atoms with Crippen LogP contribution in [0.1, 0.15) is 35.5 Å². The van der Waals surface area contributed by atoms with Crippen LogP contribution in [0.4, 0.5) is 4.39 Å². The van der Waals surface area contributed by atoms with Gasteiger partial charge in [-0.25, -0.2) is 9.37 Å². The van der Waals surface area contributed by atoms with Gasteiger partial charge in [0.05, 0.1) is 23.8 Å². The topological polar surface area (TPSA) is 38.0 Å². The molecule has 0 unspecified atom stereocenters. The quantitative estimate of drug-likeness (QED) is 0.887. The molecule has 0 radical (unpaired) electrons. The van der Waals surface area contributed by atoms with E-state index in [0.29, 0.717) is 11.1 Å². The van der Waals surface area contributed by atoms with Crippen LogP contribution in [-0.4, -0.2) is 14.7 Å². The van der Waals surface area contributed by atoms with Crippen molar-refractivity contribution in [1.29, 1.82) is 0 Å². The van der Waals surface area contributed by atoms with E-state index in [-0.39, 0.29) is 5.82 Å². The molecular formula is C14H17FN2O. The normalized spacial score (nSPS) is 12.8. The molecule has 0 saturated carbocycles. The number of hydrogen-bond acceptors (Lipinski definition) is 2. The summed E-state index contributed by atoms with van der Waals surface area (Å²) in [5.41, 5.74) is 3.82. The zero-order valence-electron chi connectivity index (χ0n) is 11.0. The summed E-state index contributed by atoms with van der Waals surface area (Å²) in [6.45, 7) is 7.22. The maximum Gasteiger partial charge on any atom is 0.126 e. The van der Waals surface area contributed by atoms with Crippen molar-refractivity contribution in [3.8, 4) is 5.69 Å². The van der Waals surface area contributed by atoms with Crippen molar-refractivity contribution in [2.45, 2.75) is 33.8 Å². The van der Waals surface area contributed by atoms with E-state index in [1.807, 2.05) is 18.4 Å². The summed E-state index contributed by atoms with van der Waals surface area (Å²) < 4.78 is 15.5. The van der Waals surface area contributed by atoms with Crippen molar-refractivity contribution < 1.29 is 9.50 Å². The smallest absolute Gasteiger partial charge is 0.126 e. The first-order chi connectivity index (χ1) is 8.41. The molecule has 1 aromatic heterocycles. The molecule has 96 valence electrons. The maximum atomic E-state index is 13.6. The molecule has 18 heavy (non-hydrogen) atoms. The van der Waals surface area contributed by atoms with Crippen LogP contribution in [0, 0.1) is 26.6 Å². The predicted octanol–water partition coefficient (Wildman–Crippen LogP) is 2.99. The highest BCUT2D eigenvalue weighted by atomic mass is 19.1. The standard InChI is InChI=1S/C14H17FN2O/c1-8-5-14(12(11(4)18)6-13(8)15)17-7-16-9(2)10(17)3/h5-7,11,18H,1-4H3/t11-/m0/s1.